The molecule has 0 fully saturated rings. The molecule has 2 N–H and O–H groups in total. The molecule has 8 heteroatoms. The van der Waals surface area contributed by atoms with Crippen molar-refractivity contribution >= 4 is 11.9 Å². The smallest absolute Gasteiger partial charge is 0.547 e. The number of aliphatic hydroxyl groups excluding tert-OH is 2. The van der Waals surface area contributed by atoms with Crippen molar-refractivity contribution in [3.05, 3.63) is 0 Å². The van der Waals surface area contributed by atoms with Gasteiger partial charge in [0.1, 0.15) is 12.2 Å². The predicted octanol–water partition coefficient (Wildman–Crippen LogP) is -10.8. The Kier molecular flexibility index (Phi) is 14.8. The molecule has 0 saturated carbocycles. The minimum Gasteiger partial charge on any atom is -0.547 e. The van der Waals surface area contributed by atoms with E-state index < -0.39 is 24.1 Å². The molecule has 0 radical (unpaired) electrons. The first kappa shape index (κ1) is 19.3. The molecular formula is C4H4NaO6Rb. The summed E-state index contributed by atoms with van der Waals surface area (Å²) in [5.74, 6) is -4.12. The van der Waals surface area contributed by atoms with E-state index in [-0.39, 0.29) is 87.7 Å². The molecule has 0 aliphatic heterocycles. The number of aliphatic hydroxyl groups is 2. The van der Waals surface area contributed by atoms with Gasteiger partial charge in [-0.25, -0.2) is 0 Å². The SMILES string of the molecule is O=C([O-])[C@H](O)[C@@H](O)C(=O)[O-].[Na+].[Rb+]. The van der Waals surface area contributed by atoms with Crippen molar-refractivity contribution in [1.82, 2.24) is 0 Å². The third-order valence-corrected chi connectivity index (χ3v) is 0.782. The van der Waals surface area contributed by atoms with Crippen molar-refractivity contribution in [2.75, 3.05) is 0 Å². The zero-order chi connectivity index (χ0) is 8.31. The van der Waals surface area contributed by atoms with Crippen LogP contribution in [0, 0.1) is 0 Å². The molecule has 0 unspecified atom stereocenters. The summed E-state index contributed by atoms with van der Waals surface area (Å²) in [6.07, 6.45) is -4.88. The number of carboxylic acids is 2. The maximum atomic E-state index is 9.63. The molecule has 0 aromatic rings. The van der Waals surface area contributed by atoms with Crippen molar-refractivity contribution in [3.63, 3.8) is 0 Å². The molecule has 58 valence electrons. The largest absolute Gasteiger partial charge is 1.00 e. The number of hydrogen-bond acceptors (Lipinski definition) is 6. The van der Waals surface area contributed by atoms with Gasteiger partial charge in [-0.2, -0.15) is 0 Å². The molecule has 0 amide bonds. The van der Waals surface area contributed by atoms with Gasteiger partial charge < -0.3 is 30.0 Å². The van der Waals surface area contributed by atoms with E-state index in [1.807, 2.05) is 0 Å². The average Bonchev–Trinajstić information content (AvgIpc) is 1.84. The van der Waals surface area contributed by atoms with E-state index in [9.17, 15) is 19.8 Å². The maximum absolute atomic E-state index is 9.63. The van der Waals surface area contributed by atoms with Gasteiger partial charge in [0.15, 0.2) is 0 Å². The fourth-order valence-corrected chi connectivity index (χ4v) is 0.258. The van der Waals surface area contributed by atoms with Crippen LogP contribution in [0.5, 0.6) is 0 Å². The summed E-state index contributed by atoms with van der Waals surface area (Å²) in [5, 5.41) is 35.7. The molecule has 0 aromatic carbocycles. The van der Waals surface area contributed by atoms with Crippen LogP contribution in [-0.4, -0.2) is 34.4 Å². The van der Waals surface area contributed by atoms with Crippen molar-refractivity contribution in [2.24, 2.45) is 0 Å². The normalized spacial score (nSPS) is 13.2. The zero-order valence-electron chi connectivity index (χ0n) is 6.68. The minimum atomic E-state index is -2.44. The Bertz CT molecular complexity index is 144. The van der Waals surface area contributed by atoms with Crippen LogP contribution in [0.15, 0.2) is 0 Å². The molecule has 0 aliphatic rings. The first-order valence-corrected chi connectivity index (χ1v) is 2.24. The van der Waals surface area contributed by atoms with Crippen molar-refractivity contribution in [1.29, 1.82) is 0 Å². The summed E-state index contributed by atoms with van der Waals surface area (Å²) < 4.78 is 0. The molecule has 2 atom stereocenters. The van der Waals surface area contributed by atoms with E-state index in [2.05, 4.69) is 0 Å². The van der Waals surface area contributed by atoms with Crippen LogP contribution < -0.4 is 98.0 Å². The summed E-state index contributed by atoms with van der Waals surface area (Å²) in [6, 6.07) is 0. The molecule has 0 heterocycles. The maximum Gasteiger partial charge on any atom is 1.00 e. The van der Waals surface area contributed by atoms with Gasteiger partial charge >= 0.3 is 87.7 Å². The Labute approximate surface area is 139 Å². The van der Waals surface area contributed by atoms with Crippen LogP contribution >= 0.6 is 0 Å². The standard InChI is InChI=1S/C4H6O6.Na.Rb/c5-1(3(7)8)2(6)4(9)10;;/h1-2,5-6H,(H,7,8)(H,9,10);;/q;2*+1/p-2/t1-,2-;;/m1../s1. The number of carbonyl (C=O) groups is 2. The second-order valence-corrected chi connectivity index (χ2v) is 1.53. The van der Waals surface area contributed by atoms with E-state index in [1.54, 1.807) is 0 Å². The number of rotatable bonds is 3. The van der Waals surface area contributed by atoms with Gasteiger partial charge in [0.25, 0.3) is 0 Å². The number of carboxylic acid groups (broad SMARTS) is 2. The molecule has 0 saturated heterocycles. The Morgan fingerprint density at radius 3 is 1.25 bits per heavy atom. The van der Waals surface area contributed by atoms with Gasteiger partial charge in [-0.3, -0.25) is 0 Å². The third-order valence-electron chi connectivity index (χ3n) is 0.782. The van der Waals surface area contributed by atoms with Crippen LogP contribution in [0.2, 0.25) is 0 Å². The zero-order valence-corrected chi connectivity index (χ0v) is 13.6. The first-order chi connectivity index (χ1) is 4.46. The van der Waals surface area contributed by atoms with E-state index in [0.29, 0.717) is 0 Å². The molecule has 0 bridgehead atoms. The third kappa shape index (κ3) is 7.11. The summed E-state index contributed by atoms with van der Waals surface area (Å²) in [5.41, 5.74) is 0. The Morgan fingerprint density at radius 2 is 1.17 bits per heavy atom. The topological polar surface area (TPSA) is 121 Å². The van der Waals surface area contributed by atoms with E-state index >= 15 is 0 Å². The molecule has 12 heavy (non-hydrogen) atoms. The van der Waals surface area contributed by atoms with Crippen LogP contribution in [0.1, 0.15) is 0 Å². The van der Waals surface area contributed by atoms with Crippen LogP contribution in [0.25, 0.3) is 0 Å². The first-order valence-electron chi connectivity index (χ1n) is 2.24. The number of carbonyl (C=O) groups excluding carboxylic acids is 2. The monoisotopic (exact) mass is 256 g/mol. The quantitative estimate of drug-likeness (QED) is 0.484. The van der Waals surface area contributed by atoms with Crippen molar-refractivity contribution < 1.29 is 118 Å². The average molecular weight is 257 g/mol. The predicted molar refractivity (Wildman–Crippen MR) is 22.0 cm³/mol. The molecular weight excluding hydrogens is 252 g/mol. The number of aliphatic carboxylic acids is 2. The van der Waals surface area contributed by atoms with E-state index in [4.69, 9.17) is 10.2 Å². The summed E-state index contributed by atoms with van der Waals surface area (Å²) in [6.45, 7) is 0. The van der Waals surface area contributed by atoms with Gasteiger partial charge in [-0.05, 0) is 0 Å². The van der Waals surface area contributed by atoms with Crippen molar-refractivity contribution in [3.8, 4) is 0 Å². The molecule has 0 aliphatic carbocycles. The Hall–Kier alpha value is 1.67. The van der Waals surface area contributed by atoms with Crippen LogP contribution in [0.3, 0.4) is 0 Å². The van der Waals surface area contributed by atoms with Gasteiger partial charge in [0, 0.05) is 0 Å². The summed E-state index contributed by atoms with van der Waals surface area (Å²) in [7, 11) is 0. The minimum absolute atomic E-state index is 0. The van der Waals surface area contributed by atoms with E-state index in [1.165, 1.54) is 0 Å². The van der Waals surface area contributed by atoms with Crippen LogP contribution in [0.4, 0.5) is 0 Å². The Morgan fingerprint density at radius 1 is 1.00 bits per heavy atom. The fourth-order valence-electron chi connectivity index (χ4n) is 0.258. The van der Waals surface area contributed by atoms with Gasteiger partial charge in [0.05, 0.1) is 11.9 Å². The molecule has 0 spiro atoms. The van der Waals surface area contributed by atoms with Crippen molar-refractivity contribution in [2.45, 2.75) is 12.2 Å². The Balaban J connectivity index is -0.000000405. The van der Waals surface area contributed by atoms with Gasteiger partial charge in [-0.15, -0.1) is 0 Å². The van der Waals surface area contributed by atoms with Gasteiger partial charge in [0.2, 0.25) is 0 Å². The second-order valence-electron chi connectivity index (χ2n) is 1.53. The second kappa shape index (κ2) is 9.23. The number of hydrogen-bond donors (Lipinski definition) is 2. The van der Waals surface area contributed by atoms with E-state index in [0.717, 1.165) is 0 Å². The molecule has 6 nitrogen and oxygen atoms in total. The molecule has 0 rings (SSSR count). The summed E-state index contributed by atoms with van der Waals surface area (Å²) >= 11 is 0. The van der Waals surface area contributed by atoms with Crippen LogP contribution in [-0.2, 0) is 9.59 Å². The fraction of sp³-hybridized carbons (Fsp3) is 0.500. The van der Waals surface area contributed by atoms with Gasteiger partial charge in [-0.1, -0.05) is 0 Å². The molecule has 0 aromatic heterocycles. The summed E-state index contributed by atoms with van der Waals surface area (Å²) in [4.78, 5) is 19.3.